The zero-order valence-corrected chi connectivity index (χ0v) is 15.8. The van der Waals surface area contributed by atoms with Crippen molar-refractivity contribution in [1.82, 2.24) is 0 Å². The van der Waals surface area contributed by atoms with Crippen molar-refractivity contribution in [1.29, 1.82) is 0 Å². The van der Waals surface area contributed by atoms with Crippen LogP contribution in [0.5, 0.6) is 0 Å². The van der Waals surface area contributed by atoms with Crippen LogP contribution in [0.3, 0.4) is 0 Å². The Morgan fingerprint density at radius 2 is 1.86 bits per heavy atom. The summed E-state index contributed by atoms with van der Waals surface area (Å²) in [6.45, 7) is 1.99. The zero-order chi connectivity index (χ0) is 21.1. The molecule has 0 aliphatic carbocycles. The number of nitro benzene ring substituents is 1. The molecule has 150 valence electrons. The summed E-state index contributed by atoms with van der Waals surface area (Å²) in [6.07, 6.45) is -4.39. The molecule has 0 aliphatic rings. The molecule has 0 radical (unpaired) electrons. The number of hydrogen-bond donors (Lipinski definition) is 2. The molecule has 0 aromatic heterocycles. The van der Waals surface area contributed by atoms with Crippen LogP contribution in [0.25, 0.3) is 0 Å². The predicted molar refractivity (Wildman–Crippen MR) is 98.2 cm³/mol. The van der Waals surface area contributed by atoms with E-state index in [4.69, 9.17) is 11.6 Å². The van der Waals surface area contributed by atoms with Crippen molar-refractivity contribution < 1.29 is 27.8 Å². The third kappa shape index (κ3) is 5.43. The van der Waals surface area contributed by atoms with Crippen LogP contribution in [0.2, 0.25) is 5.02 Å². The molecule has 0 spiro atoms. The van der Waals surface area contributed by atoms with E-state index >= 15 is 0 Å². The number of carbonyl (C=O) groups is 1. The number of nitrogens with zero attached hydrogens (tertiary/aromatic N) is 1. The number of alkyl halides is 3. The molecule has 28 heavy (non-hydrogen) atoms. The van der Waals surface area contributed by atoms with Gasteiger partial charge >= 0.3 is 6.18 Å². The van der Waals surface area contributed by atoms with Gasteiger partial charge in [-0.3, -0.25) is 14.9 Å². The largest absolute Gasteiger partial charge is 0.416 e. The quantitative estimate of drug-likeness (QED) is 0.560. The third-order valence-corrected chi connectivity index (χ3v) is 4.63. The molecule has 2 aromatic rings. The molecule has 2 atom stereocenters. The Bertz CT molecular complexity index is 873. The molecule has 0 saturated heterocycles. The zero-order valence-electron chi connectivity index (χ0n) is 15.0. The molecular formula is C18H18ClF3N3O3+. The Hall–Kier alpha value is -2.65. The van der Waals surface area contributed by atoms with Crippen molar-refractivity contribution in [2.24, 2.45) is 0 Å². The van der Waals surface area contributed by atoms with Gasteiger partial charge in [-0.05, 0) is 25.1 Å². The molecule has 2 aromatic carbocycles. The number of non-ortho nitro benzene ring substituents is 1. The summed E-state index contributed by atoms with van der Waals surface area (Å²) in [4.78, 5) is 23.3. The standard InChI is InChI=1S/C18H17ClF3N3O3/c1-11(17(26)23-16-8-7-14(25(27)28)9-15(16)19)24(2)10-12-3-5-13(6-4-12)18(20,21)22/h3-9,11H,10H2,1-2H3,(H,23,26)/p+1/t11-/m0/s1. The fourth-order valence-electron chi connectivity index (χ4n) is 2.47. The lowest BCUT2D eigenvalue weighted by molar-refractivity contribution is -0.907. The fourth-order valence-corrected chi connectivity index (χ4v) is 2.69. The Balaban J connectivity index is 2.01. The van der Waals surface area contributed by atoms with Gasteiger partial charge in [-0.15, -0.1) is 0 Å². The van der Waals surface area contributed by atoms with Gasteiger partial charge in [-0.2, -0.15) is 13.2 Å². The Kier molecular flexibility index (Phi) is 6.63. The molecular weight excluding hydrogens is 399 g/mol. The van der Waals surface area contributed by atoms with E-state index in [1.807, 2.05) is 0 Å². The van der Waals surface area contributed by atoms with Crippen LogP contribution in [0.1, 0.15) is 18.1 Å². The van der Waals surface area contributed by atoms with E-state index in [0.29, 0.717) is 12.1 Å². The molecule has 1 amide bonds. The van der Waals surface area contributed by atoms with Crippen molar-refractivity contribution in [3.05, 3.63) is 68.7 Å². The summed E-state index contributed by atoms with van der Waals surface area (Å²) in [5, 5.41) is 13.4. The van der Waals surface area contributed by atoms with E-state index in [2.05, 4.69) is 5.32 Å². The topological polar surface area (TPSA) is 76.7 Å². The summed E-state index contributed by atoms with van der Waals surface area (Å²) in [5.74, 6) is -0.375. The number of nitrogens with one attached hydrogen (secondary N) is 2. The SMILES string of the molecule is C[C@@H](C(=O)Nc1ccc([N+](=O)[O-])cc1Cl)[NH+](C)Cc1ccc(C(F)(F)F)cc1. The maximum absolute atomic E-state index is 12.6. The van der Waals surface area contributed by atoms with E-state index in [0.717, 1.165) is 23.1 Å². The maximum Gasteiger partial charge on any atom is 0.416 e. The smallest absolute Gasteiger partial charge is 0.324 e. The second-order valence-corrected chi connectivity index (χ2v) is 6.76. The summed E-state index contributed by atoms with van der Waals surface area (Å²) < 4.78 is 37.9. The number of hydrogen-bond acceptors (Lipinski definition) is 3. The maximum atomic E-state index is 12.6. The number of anilines is 1. The average Bonchev–Trinajstić information content (AvgIpc) is 2.62. The molecule has 10 heteroatoms. The molecule has 0 heterocycles. The first-order chi connectivity index (χ1) is 13.0. The molecule has 2 rings (SSSR count). The van der Waals surface area contributed by atoms with Crippen molar-refractivity contribution in [3.63, 3.8) is 0 Å². The molecule has 0 saturated carbocycles. The number of quaternary nitrogens is 1. The minimum atomic E-state index is -4.39. The second kappa shape index (κ2) is 8.57. The highest BCUT2D eigenvalue weighted by Gasteiger charge is 2.30. The Labute approximate surface area is 164 Å². The number of carbonyl (C=O) groups excluding carboxylic acids is 1. The normalized spacial score (nSPS) is 13.6. The first-order valence-electron chi connectivity index (χ1n) is 8.22. The number of benzene rings is 2. The molecule has 0 fully saturated rings. The van der Waals surface area contributed by atoms with Crippen LogP contribution < -0.4 is 10.2 Å². The number of likely N-dealkylation sites (N-methyl/N-ethyl adjacent to an activating group) is 1. The highest BCUT2D eigenvalue weighted by atomic mass is 35.5. The summed E-state index contributed by atoms with van der Waals surface area (Å²) >= 11 is 5.97. The van der Waals surface area contributed by atoms with Crippen molar-refractivity contribution in [2.75, 3.05) is 12.4 Å². The van der Waals surface area contributed by atoms with Gasteiger partial charge in [-0.1, -0.05) is 23.7 Å². The van der Waals surface area contributed by atoms with Gasteiger partial charge in [-0.25, -0.2) is 0 Å². The van der Waals surface area contributed by atoms with Crippen molar-refractivity contribution >= 4 is 28.9 Å². The van der Waals surface area contributed by atoms with E-state index < -0.39 is 22.7 Å². The predicted octanol–water partition coefficient (Wildman–Crippen LogP) is 3.31. The van der Waals surface area contributed by atoms with Gasteiger partial charge in [0.25, 0.3) is 11.6 Å². The van der Waals surface area contributed by atoms with E-state index in [9.17, 15) is 28.1 Å². The highest BCUT2D eigenvalue weighted by molar-refractivity contribution is 6.34. The minimum Gasteiger partial charge on any atom is -0.324 e. The highest BCUT2D eigenvalue weighted by Crippen LogP contribution is 2.29. The number of halogens is 4. The number of amides is 1. The van der Waals surface area contributed by atoms with Crippen LogP contribution in [0, 0.1) is 10.1 Å². The first kappa shape index (κ1) is 21.6. The number of nitro groups is 1. The van der Waals surface area contributed by atoms with Gasteiger partial charge in [0.05, 0.1) is 28.2 Å². The monoisotopic (exact) mass is 416 g/mol. The lowest BCUT2D eigenvalue weighted by Crippen LogP contribution is -3.12. The van der Waals surface area contributed by atoms with Crippen LogP contribution in [0.4, 0.5) is 24.5 Å². The van der Waals surface area contributed by atoms with Gasteiger partial charge in [0, 0.05) is 17.7 Å². The average molecular weight is 417 g/mol. The van der Waals surface area contributed by atoms with Gasteiger partial charge in [0.1, 0.15) is 6.54 Å². The van der Waals surface area contributed by atoms with Gasteiger partial charge in [0.2, 0.25) is 0 Å². The molecule has 1 unspecified atom stereocenters. The van der Waals surface area contributed by atoms with E-state index in [1.54, 1.807) is 14.0 Å². The van der Waals surface area contributed by atoms with Crippen LogP contribution in [0.15, 0.2) is 42.5 Å². The van der Waals surface area contributed by atoms with Gasteiger partial charge < -0.3 is 10.2 Å². The lowest BCUT2D eigenvalue weighted by atomic mass is 10.1. The molecule has 0 aliphatic heterocycles. The second-order valence-electron chi connectivity index (χ2n) is 6.35. The van der Waals surface area contributed by atoms with E-state index in [-0.39, 0.29) is 22.3 Å². The fraction of sp³-hybridized carbons (Fsp3) is 0.278. The van der Waals surface area contributed by atoms with Crippen molar-refractivity contribution in [3.8, 4) is 0 Å². The Morgan fingerprint density at radius 3 is 2.36 bits per heavy atom. The van der Waals surface area contributed by atoms with Gasteiger partial charge in [0.15, 0.2) is 6.04 Å². The molecule has 2 N–H and O–H groups in total. The molecule has 0 bridgehead atoms. The Morgan fingerprint density at radius 1 is 1.25 bits per heavy atom. The molecule has 6 nitrogen and oxygen atoms in total. The number of rotatable bonds is 6. The summed E-state index contributed by atoms with van der Waals surface area (Å²) in [6, 6.07) is 7.93. The lowest BCUT2D eigenvalue weighted by Gasteiger charge is -2.21. The van der Waals surface area contributed by atoms with E-state index in [1.165, 1.54) is 24.3 Å². The summed E-state index contributed by atoms with van der Waals surface area (Å²) in [5.41, 5.74) is -0.0291. The van der Waals surface area contributed by atoms with Crippen LogP contribution in [-0.2, 0) is 17.5 Å². The minimum absolute atomic E-state index is 0.0372. The summed E-state index contributed by atoms with van der Waals surface area (Å²) in [7, 11) is 1.74. The first-order valence-corrected chi connectivity index (χ1v) is 8.60. The van der Waals surface area contributed by atoms with Crippen LogP contribution >= 0.6 is 11.6 Å². The third-order valence-electron chi connectivity index (χ3n) is 4.32. The van der Waals surface area contributed by atoms with Crippen LogP contribution in [-0.4, -0.2) is 23.9 Å². The van der Waals surface area contributed by atoms with Crippen molar-refractivity contribution in [2.45, 2.75) is 25.7 Å².